The molecule has 4 heteroatoms. The first-order valence-corrected chi connectivity index (χ1v) is 7.97. The van der Waals surface area contributed by atoms with Gasteiger partial charge < -0.3 is 14.5 Å². The predicted molar refractivity (Wildman–Crippen MR) is 85.8 cm³/mol. The van der Waals surface area contributed by atoms with Crippen molar-refractivity contribution in [3.63, 3.8) is 0 Å². The van der Waals surface area contributed by atoms with Gasteiger partial charge in [0.25, 0.3) is 0 Å². The molecule has 1 N–H and O–H groups in total. The van der Waals surface area contributed by atoms with E-state index in [0.717, 1.165) is 48.1 Å². The van der Waals surface area contributed by atoms with Crippen LogP contribution in [0.15, 0.2) is 28.9 Å². The summed E-state index contributed by atoms with van der Waals surface area (Å²) in [6.45, 7) is 5.66. The molecule has 0 bridgehead atoms. The standard InChI is InChI=1S/C18H23NO3/c1-12-3-4-16-15(11-22-17(16)7-12)9-18(20)19-10-14-5-6-21-13(2)8-14/h3-4,7,11,13-14H,5-6,8-10H2,1-2H3,(H,19,20)/t13-,14+/m1/s1. The molecule has 0 aliphatic carbocycles. The van der Waals surface area contributed by atoms with Crippen molar-refractivity contribution in [2.24, 2.45) is 5.92 Å². The second-order valence-electron chi connectivity index (χ2n) is 6.31. The van der Waals surface area contributed by atoms with Crippen molar-refractivity contribution in [1.82, 2.24) is 5.32 Å². The van der Waals surface area contributed by atoms with Gasteiger partial charge in [-0.2, -0.15) is 0 Å². The monoisotopic (exact) mass is 301 g/mol. The Labute approximate surface area is 130 Å². The molecular formula is C18H23NO3. The number of aryl methyl sites for hydroxylation is 1. The SMILES string of the molecule is Cc1ccc2c(CC(=O)NC[C@H]3CCO[C@H](C)C3)coc2c1. The number of benzene rings is 1. The topological polar surface area (TPSA) is 51.5 Å². The predicted octanol–water partition coefficient (Wildman–Crippen LogP) is 3.22. The fraction of sp³-hybridized carbons (Fsp3) is 0.500. The molecule has 1 amide bonds. The van der Waals surface area contributed by atoms with E-state index >= 15 is 0 Å². The molecule has 4 nitrogen and oxygen atoms in total. The van der Waals surface area contributed by atoms with Crippen molar-refractivity contribution in [2.75, 3.05) is 13.2 Å². The van der Waals surface area contributed by atoms with Gasteiger partial charge in [0, 0.05) is 24.1 Å². The lowest BCUT2D eigenvalue weighted by Crippen LogP contribution is -2.34. The van der Waals surface area contributed by atoms with Crippen LogP contribution in [0.5, 0.6) is 0 Å². The lowest BCUT2D eigenvalue weighted by molar-refractivity contribution is -0.120. The molecule has 2 atom stereocenters. The summed E-state index contributed by atoms with van der Waals surface area (Å²) in [5, 5.41) is 4.08. The Kier molecular flexibility index (Phi) is 4.48. The Balaban J connectivity index is 1.56. The van der Waals surface area contributed by atoms with Gasteiger partial charge in [-0.25, -0.2) is 0 Å². The lowest BCUT2D eigenvalue weighted by Gasteiger charge is -2.27. The summed E-state index contributed by atoms with van der Waals surface area (Å²) < 4.78 is 11.1. The van der Waals surface area contributed by atoms with Gasteiger partial charge >= 0.3 is 0 Å². The number of furan rings is 1. The maximum atomic E-state index is 12.2. The molecule has 1 aromatic carbocycles. The van der Waals surface area contributed by atoms with Gasteiger partial charge in [-0.05, 0) is 44.2 Å². The van der Waals surface area contributed by atoms with Gasteiger partial charge in [-0.1, -0.05) is 12.1 Å². The van der Waals surface area contributed by atoms with E-state index in [0.29, 0.717) is 18.4 Å². The second-order valence-corrected chi connectivity index (χ2v) is 6.31. The molecule has 0 radical (unpaired) electrons. The highest BCUT2D eigenvalue weighted by Crippen LogP contribution is 2.23. The molecule has 1 fully saturated rings. The van der Waals surface area contributed by atoms with E-state index in [1.165, 1.54) is 0 Å². The van der Waals surface area contributed by atoms with Crippen molar-refractivity contribution in [1.29, 1.82) is 0 Å². The van der Waals surface area contributed by atoms with E-state index in [2.05, 4.69) is 12.2 Å². The third-order valence-electron chi connectivity index (χ3n) is 4.34. The first kappa shape index (κ1) is 15.1. The van der Waals surface area contributed by atoms with Crippen LogP contribution in [-0.2, 0) is 16.0 Å². The smallest absolute Gasteiger partial charge is 0.224 e. The zero-order valence-electron chi connectivity index (χ0n) is 13.2. The average molecular weight is 301 g/mol. The van der Waals surface area contributed by atoms with Crippen molar-refractivity contribution in [3.8, 4) is 0 Å². The Morgan fingerprint density at radius 3 is 3.09 bits per heavy atom. The fourth-order valence-electron chi connectivity index (χ4n) is 3.10. The van der Waals surface area contributed by atoms with Crippen LogP contribution in [-0.4, -0.2) is 25.2 Å². The first-order chi connectivity index (χ1) is 10.6. The lowest BCUT2D eigenvalue weighted by atomic mass is 9.96. The highest BCUT2D eigenvalue weighted by Gasteiger charge is 2.20. The minimum absolute atomic E-state index is 0.0578. The average Bonchev–Trinajstić information content (AvgIpc) is 2.87. The van der Waals surface area contributed by atoms with Gasteiger partial charge in [0.2, 0.25) is 5.91 Å². The number of carbonyl (C=O) groups excluding carboxylic acids is 1. The van der Waals surface area contributed by atoms with E-state index in [-0.39, 0.29) is 5.91 Å². The summed E-state index contributed by atoms with van der Waals surface area (Å²) in [4.78, 5) is 12.2. The zero-order chi connectivity index (χ0) is 15.5. The summed E-state index contributed by atoms with van der Waals surface area (Å²) in [6.07, 6.45) is 4.42. The van der Waals surface area contributed by atoms with E-state index in [1.807, 2.05) is 25.1 Å². The van der Waals surface area contributed by atoms with Gasteiger partial charge in [-0.3, -0.25) is 4.79 Å². The third kappa shape index (κ3) is 3.50. The molecule has 2 heterocycles. The first-order valence-electron chi connectivity index (χ1n) is 7.97. The Morgan fingerprint density at radius 2 is 2.27 bits per heavy atom. The van der Waals surface area contributed by atoms with Crippen molar-refractivity contribution in [3.05, 3.63) is 35.6 Å². The van der Waals surface area contributed by atoms with Gasteiger partial charge in [0.15, 0.2) is 0 Å². The van der Waals surface area contributed by atoms with E-state index < -0.39 is 0 Å². The molecule has 0 unspecified atom stereocenters. The number of carbonyl (C=O) groups is 1. The third-order valence-corrected chi connectivity index (χ3v) is 4.34. The van der Waals surface area contributed by atoms with E-state index in [9.17, 15) is 4.79 Å². The number of hydrogen-bond donors (Lipinski definition) is 1. The Morgan fingerprint density at radius 1 is 1.41 bits per heavy atom. The molecular weight excluding hydrogens is 278 g/mol. The Hall–Kier alpha value is -1.81. The minimum atomic E-state index is 0.0578. The van der Waals surface area contributed by atoms with Gasteiger partial charge in [-0.15, -0.1) is 0 Å². The summed E-state index contributed by atoms with van der Waals surface area (Å²) in [5.74, 6) is 0.582. The summed E-state index contributed by atoms with van der Waals surface area (Å²) in [7, 11) is 0. The van der Waals surface area contributed by atoms with Gasteiger partial charge in [0.05, 0.1) is 18.8 Å². The molecule has 0 saturated carbocycles. The quantitative estimate of drug-likeness (QED) is 0.943. The molecule has 1 aromatic heterocycles. The summed E-state index contributed by atoms with van der Waals surface area (Å²) >= 11 is 0. The summed E-state index contributed by atoms with van der Waals surface area (Å²) in [5.41, 5.74) is 2.96. The molecule has 118 valence electrons. The molecule has 3 rings (SSSR count). The van der Waals surface area contributed by atoms with Gasteiger partial charge in [0.1, 0.15) is 5.58 Å². The van der Waals surface area contributed by atoms with E-state index in [1.54, 1.807) is 6.26 Å². The fourth-order valence-corrected chi connectivity index (χ4v) is 3.10. The van der Waals surface area contributed by atoms with Crippen LogP contribution in [0.4, 0.5) is 0 Å². The van der Waals surface area contributed by atoms with E-state index in [4.69, 9.17) is 9.15 Å². The number of ether oxygens (including phenoxy) is 1. The van der Waals surface area contributed by atoms with Crippen LogP contribution in [0, 0.1) is 12.8 Å². The van der Waals surface area contributed by atoms with Crippen molar-refractivity contribution >= 4 is 16.9 Å². The number of fused-ring (bicyclic) bond motifs is 1. The van der Waals surface area contributed by atoms with Crippen LogP contribution in [0.2, 0.25) is 0 Å². The highest BCUT2D eigenvalue weighted by atomic mass is 16.5. The molecule has 2 aromatic rings. The molecule has 1 aliphatic rings. The molecule has 22 heavy (non-hydrogen) atoms. The maximum Gasteiger partial charge on any atom is 0.224 e. The number of nitrogens with one attached hydrogen (secondary N) is 1. The Bertz CT molecular complexity index is 661. The molecule has 0 spiro atoms. The molecule has 1 saturated heterocycles. The molecule has 1 aliphatic heterocycles. The highest BCUT2D eigenvalue weighted by molar-refractivity contribution is 5.87. The van der Waals surface area contributed by atoms with Crippen molar-refractivity contribution < 1.29 is 13.9 Å². The van der Waals surface area contributed by atoms with Crippen LogP contribution >= 0.6 is 0 Å². The number of amides is 1. The number of hydrogen-bond acceptors (Lipinski definition) is 3. The van der Waals surface area contributed by atoms with Crippen molar-refractivity contribution in [2.45, 2.75) is 39.2 Å². The minimum Gasteiger partial charge on any atom is -0.464 e. The van der Waals surface area contributed by atoms with Crippen LogP contribution in [0.1, 0.15) is 30.9 Å². The van der Waals surface area contributed by atoms with Crippen LogP contribution in [0.3, 0.4) is 0 Å². The van der Waals surface area contributed by atoms with Crippen LogP contribution < -0.4 is 5.32 Å². The zero-order valence-corrected chi connectivity index (χ0v) is 13.2. The largest absolute Gasteiger partial charge is 0.464 e. The number of rotatable bonds is 4. The van der Waals surface area contributed by atoms with Crippen LogP contribution in [0.25, 0.3) is 11.0 Å². The maximum absolute atomic E-state index is 12.2. The summed E-state index contributed by atoms with van der Waals surface area (Å²) in [6, 6.07) is 6.07. The second kappa shape index (κ2) is 6.53. The normalized spacial score (nSPS) is 21.9.